The zero-order chi connectivity index (χ0) is 13.8. The van der Waals surface area contributed by atoms with Crippen molar-refractivity contribution in [1.82, 2.24) is 4.98 Å². The SMILES string of the molecule is COc1cc(Nc2ccc(Cl)c(C#N)n2)ccc1F. The van der Waals surface area contributed by atoms with Gasteiger partial charge in [0.05, 0.1) is 12.1 Å². The summed E-state index contributed by atoms with van der Waals surface area (Å²) in [6.07, 6.45) is 0. The minimum atomic E-state index is -0.449. The van der Waals surface area contributed by atoms with Crippen molar-refractivity contribution in [1.29, 1.82) is 5.26 Å². The number of methoxy groups -OCH3 is 1. The first-order valence-electron chi connectivity index (χ1n) is 5.31. The van der Waals surface area contributed by atoms with Crippen LogP contribution in [0.25, 0.3) is 0 Å². The number of aromatic nitrogens is 1. The van der Waals surface area contributed by atoms with Crippen molar-refractivity contribution in [2.75, 3.05) is 12.4 Å². The molecule has 1 N–H and O–H groups in total. The molecule has 1 aromatic heterocycles. The van der Waals surface area contributed by atoms with E-state index in [1.165, 1.54) is 19.2 Å². The van der Waals surface area contributed by atoms with Gasteiger partial charge in [0.15, 0.2) is 17.3 Å². The second-order valence-corrected chi connectivity index (χ2v) is 4.02. The lowest BCUT2D eigenvalue weighted by molar-refractivity contribution is 0.387. The minimum absolute atomic E-state index is 0.125. The van der Waals surface area contributed by atoms with Crippen LogP contribution in [-0.2, 0) is 0 Å². The Labute approximate surface area is 114 Å². The number of benzene rings is 1. The zero-order valence-corrected chi connectivity index (χ0v) is 10.7. The van der Waals surface area contributed by atoms with Crippen LogP contribution in [0.5, 0.6) is 5.75 Å². The van der Waals surface area contributed by atoms with E-state index in [0.717, 1.165) is 0 Å². The maximum atomic E-state index is 13.3. The fraction of sp³-hybridized carbons (Fsp3) is 0.0769. The maximum absolute atomic E-state index is 13.3. The Balaban J connectivity index is 2.29. The third kappa shape index (κ3) is 2.92. The van der Waals surface area contributed by atoms with Gasteiger partial charge in [0.2, 0.25) is 0 Å². The minimum Gasteiger partial charge on any atom is -0.494 e. The molecule has 0 fully saturated rings. The molecule has 1 aromatic carbocycles. The van der Waals surface area contributed by atoms with Crippen molar-refractivity contribution in [2.45, 2.75) is 0 Å². The normalized spacial score (nSPS) is 9.79. The van der Waals surface area contributed by atoms with Gasteiger partial charge in [0.25, 0.3) is 0 Å². The van der Waals surface area contributed by atoms with Gasteiger partial charge >= 0.3 is 0 Å². The molecule has 0 aliphatic carbocycles. The largest absolute Gasteiger partial charge is 0.494 e. The molecule has 2 aromatic rings. The molecule has 0 amide bonds. The van der Waals surface area contributed by atoms with Crippen LogP contribution in [0.15, 0.2) is 30.3 Å². The van der Waals surface area contributed by atoms with Gasteiger partial charge in [0, 0.05) is 11.8 Å². The zero-order valence-electron chi connectivity index (χ0n) is 9.95. The van der Waals surface area contributed by atoms with E-state index in [1.54, 1.807) is 18.2 Å². The first-order chi connectivity index (χ1) is 9.13. The number of rotatable bonds is 3. The average Bonchev–Trinajstić information content (AvgIpc) is 2.43. The van der Waals surface area contributed by atoms with E-state index in [2.05, 4.69) is 10.3 Å². The number of halogens is 2. The predicted octanol–water partition coefficient (Wildman–Crippen LogP) is 3.50. The fourth-order valence-corrected chi connectivity index (χ4v) is 1.62. The summed E-state index contributed by atoms with van der Waals surface area (Å²) in [5.74, 6) is 0.115. The van der Waals surface area contributed by atoms with Crippen LogP contribution in [-0.4, -0.2) is 12.1 Å². The van der Waals surface area contributed by atoms with Gasteiger partial charge in [-0.3, -0.25) is 0 Å². The summed E-state index contributed by atoms with van der Waals surface area (Å²) in [5, 5.41) is 12.1. The molecule has 0 bridgehead atoms. The molecule has 0 aliphatic rings. The maximum Gasteiger partial charge on any atom is 0.165 e. The highest BCUT2D eigenvalue weighted by Gasteiger charge is 2.06. The van der Waals surface area contributed by atoms with Crippen LogP contribution < -0.4 is 10.1 Å². The van der Waals surface area contributed by atoms with Crippen molar-refractivity contribution in [3.05, 3.63) is 46.9 Å². The van der Waals surface area contributed by atoms with Crippen molar-refractivity contribution >= 4 is 23.1 Å². The first-order valence-corrected chi connectivity index (χ1v) is 5.69. The number of ether oxygens (including phenoxy) is 1. The van der Waals surface area contributed by atoms with E-state index in [4.69, 9.17) is 21.6 Å². The molecular weight excluding hydrogens is 269 g/mol. The molecule has 0 radical (unpaired) electrons. The first kappa shape index (κ1) is 13.1. The highest BCUT2D eigenvalue weighted by molar-refractivity contribution is 6.31. The molecule has 0 saturated heterocycles. The van der Waals surface area contributed by atoms with Crippen molar-refractivity contribution in [2.24, 2.45) is 0 Å². The molecular formula is C13H9ClFN3O. The van der Waals surface area contributed by atoms with Crippen LogP contribution in [0.2, 0.25) is 5.02 Å². The lowest BCUT2D eigenvalue weighted by Gasteiger charge is -2.08. The number of pyridine rings is 1. The number of hydrogen-bond donors (Lipinski definition) is 1. The lowest BCUT2D eigenvalue weighted by atomic mass is 10.3. The summed E-state index contributed by atoms with van der Waals surface area (Å²) in [6.45, 7) is 0. The van der Waals surface area contributed by atoms with Gasteiger partial charge in [-0.1, -0.05) is 11.6 Å². The molecule has 96 valence electrons. The van der Waals surface area contributed by atoms with E-state index in [1.807, 2.05) is 6.07 Å². The van der Waals surface area contributed by atoms with E-state index in [0.29, 0.717) is 11.5 Å². The van der Waals surface area contributed by atoms with Gasteiger partial charge in [-0.05, 0) is 24.3 Å². The summed E-state index contributed by atoms with van der Waals surface area (Å²) in [7, 11) is 1.39. The van der Waals surface area contributed by atoms with Crippen LogP contribution in [0.4, 0.5) is 15.9 Å². The number of nitrogens with one attached hydrogen (secondary N) is 1. The van der Waals surface area contributed by atoms with Gasteiger partial charge in [-0.15, -0.1) is 0 Å². The third-order valence-corrected chi connectivity index (χ3v) is 2.68. The van der Waals surface area contributed by atoms with Crippen LogP contribution in [0, 0.1) is 17.1 Å². The Hall–Kier alpha value is -2.32. The number of hydrogen-bond acceptors (Lipinski definition) is 4. The van der Waals surface area contributed by atoms with E-state index in [9.17, 15) is 4.39 Å². The quantitative estimate of drug-likeness (QED) is 0.933. The monoisotopic (exact) mass is 277 g/mol. The third-order valence-electron chi connectivity index (χ3n) is 2.38. The molecule has 1 heterocycles. The highest BCUT2D eigenvalue weighted by atomic mass is 35.5. The summed E-state index contributed by atoms with van der Waals surface area (Å²) in [4.78, 5) is 4.03. The number of nitrogens with zero attached hydrogens (tertiary/aromatic N) is 2. The molecule has 2 rings (SSSR count). The molecule has 0 aliphatic heterocycles. The van der Waals surface area contributed by atoms with Gasteiger partial charge < -0.3 is 10.1 Å². The van der Waals surface area contributed by atoms with Gasteiger partial charge in [0.1, 0.15) is 11.9 Å². The van der Waals surface area contributed by atoms with E-state index >= 15 is 0 Å². The Morgan fingerprint density at radius 1 is 1.37 bits per heavy atom. The molecule has 0 saturated carbocycles. The Kier molecular flexibility index (Phi) is 3.83. The predicted molar refractivity (Wildman–Crippen MR) is 70.2 cm³/mol. The van der Waals surface area contributed by atoms with Crippen LogP contribution >= 0.6 is 11.6 Å². The highest BCUT2D eigenvalue weighted by Crippen LogP contribution is 2.24. The summed E-state index contributed by atoms with van der Waals surface area (Å²) < 4.78 is 18.1. The standard InChI is InChI=1S/C13H9ClFN3O/c1-19-12-6-8(2-4-10(12)15)17-13-5-3-9(14)11(7-16)18-13/h2-6H,1H3,(H,17,18). The Morgan fingerprint density at radius 2 is 2.16 bits per heavy atom. The van der Waals surface area contributed by atoms with Crippen LogP contribution in [0.1, 0.15) is 5.69 Å². The van der Waals surface area contributed by atoms with E-state index < -0.39 is 5.82 Å². The number of nitriles is 1. The van der Waals surface area contributed by atoms with Crippen molar-refractivity contribution in [3.8, 4) is 11.8 Å². The summed E-state index contributed by atoms with van der Waals surface area (Å²) in [6, 6.07) is 9.39. The molecule has 0 unspecified atom stereocenters. The fourth-order valence-electron chi connectivity index (χ4n) is 1.48. The average molecular weight is 278 g/mol. The van der Waals surface area contributed by atoms with Crippen LogP contribution in [0.3, 0.4) is 0 Å². The van der Waals surface area contributed by atoms with Gasteiger partial charge in [-0.2, -0.15) is 5.26 Å². The number of anilines is 2. The Morgan fingerprint density at radius 3 is 2.84 bits per heavy atom. The lowest BCUT2D eigenvalue weighted by Crippen LogP contribution is -1.97. The molecule has 0 spiro atoms. The summed E-state index contributed by atoms with van der Waals surface area (Å²) in [5.41, 5.74) is 0.720. The second-order valence-electron chi connectivity index (χ2n) is 3.61. The summed E-state index contributed by atoms with van der Waals surface area (Å²) >= 11 is 5.79. The Bertz CT molecular complexity index is 655. The molecule has 19 heavy (non-hydrogen) atoms. The van der Waals surface area contributed by atoms with Crippen molar-refractivity contribution < 1.29 is 9.13 Å². The molecule has 4 nitrogen and oxygen atoms in total. The molecule has 6 heteroatoms. The molecule has 0 atom stereocenters. The van der Waals surface area contributed by atoms with E-state index in [-0.39, 0.29) is 16.5 Å². The smallest absolute Gasteiger partial charge is 0.165 e. The second kappa shape index (κ2) is 5.55. The van der Waals surface area contributed by atoms with Crippen molar-refractivity contribution in [3.63, 3.8) is 0 Å². The topological polar surface area (TPSA) is 57.9 Å². The van der Waals surface area contributed by atoms with Gasteiger partial charge in [-0.25, -0.2) is 9.37 Å².